The van der Waals surface area contributed by atoms with E-state index in [1.165, 1.54) is 5.56 Å². The maximum Gasteiger partial charge on any atom is 0.133 e. The number of ether oxygens (including phenoxy) is 1. The Balaban J connectivity index is 1.36. The number of para-hydroxylation sites is 2. The molecule has 0 N–H and O–H groups in total. The summed E-state index contributed by atoms with van der Waals surface area (Å²) < 4.78 is 13.6. The minimum atomic E-state index is 0.542. The molecule has 2 aromatic carbocycles. The Bertz CT molecular complexity index is 1090. The number of aryl methyl sites for hydroxylation is 1. The molecule has 0 radical (unpaired) electrons. The fraction of sp³-hybridized carbons (Fsp3) is 0.269. The quantitative estimate of drug-likeness (QED) is 0.291. The number of hydrogen-bond acceptors (Lipinski definition) is 3. The highest BCUT2D eigenvalue weighted by Gasteiger charge is 2.08. The van der Waals surface area contributed by atoms with E-state index in [-0.39, 0.29) is 0 Å². The molecule has 0 saturated carbocycles. The Hall–Kier alpha value is -3.27. The summed E-state index contributed by atoms with van der Waals surface area (Å²) in [6, 6.07) is 20.5. The predicted octanol–water partition coefficient (Wildman–Crippen LogP) is 6.78. The van der Waals surface area contributed by atoms with Gasteiger partial charge in [0.05, 0.1) is 23.9 Å². The molecule has 2 heterocycles. The number of furan rings is 1. The lowest BCUT2D eigenvalue weighted by Gasteiger charge is -2.10. The van der Waals surface area contributed by atoms with E-state index in [1.54, 1.807) is 6.26 Å². The Kier molecular flexibility index (Phi) is 6.33. The number of aromatic nitrogens is 2. The van der Waals surface area contributed by atoms with Gasteiger partial charge in [-0.05, 0) is 72.9 Å². The summed E-state index contributed by atoms with van der Waals surface area (Å²) in [7, 11) is 0. The Labute approximate surface area is 177 Å². The maximum absolute atomic E-state index is 5.92. The van der Waals surface area contributed by atoms with Gasteiger partial charge in [0.1, 0.15) is 17.3 Å². The number of nitrogens with zero attached hydrogens (tertiary/aromatic N) is 2. The first-order chi connectivity index (χ1) is 14.7. The van der Waals surface area contributed by atoms with Crippen LogP contribution in [-0.4, -0.2) is 16.2 Å². The van der Waals surface area contributed by atoms with Crippen LogP contribution in [0.3, 0.4) is 0 Å². The van der Waals surface area contributed by atoms with Gasteiger partial charge in [-0.25, -0.2) is 4.98 Å². The van der Waals surface area contributed by atoms with Gasteiger partial charge in [0.15, 0.2) is 0 Å². The molecule has 0 saturated heterocycles. The lowest BCUT2D eigenvalue weighted by molar-refractivity contribution is 0.303. The SMILES string of the molecule is CC(C)c1ccc(OCCCCn2c(/C=C/c3ccco3)nc3ccccc32)cc1. The van der Waals surface area contributed by atoms with E-state index in [1.807, 2.05) is 30.4 Å². The second kappa shape index (κ2) is 9.49. The molecule has 0 amide bonds. The first-order valence-electron chi connectivity index (χ1n) is 10.6. The maximum atomic E-state index is 5.92. The molecular weight excluding hydrogens is 372 g/mol. The molecule has 154 valence electrons. The van der Waals surface area contributed by atoms with Gasteiger partial charge in [-0.1, -0.05) is 38.1 Å². The molecule has 2 aromatic heterocycles. The van der Waals surface area contributed by atoms with Crippen LogP contribution in [0.4, 0.5) is 0 Å². The van der Waals surface area contributed by atoms with Crippen LogP contribution in [0.5, 0.6) is 5.75 Å². The molecule has 30 heavy (non-hydrogen) atoms. The van der Waals surface area contributed by atoms with E-state index in [0.717, 1.165) is 47.8 Å². The smallest absolute Gasteiger partial charge is 0.133 e. The topological polar surface area (TPSA) is 40.2 Å². The summed E-state index contributed by atoms with van der Waals surface area (Å²) in [6.07, 6.45) is 7.66. The van der Waals surface area contributed by atoms with Crippen LogP contribution >= 0.6 is 0 Å². The molecule has 0 aliphatic heterocycles. The van der Waals surface area contributed by atoms with Gasteiger partial charge in [0, 0.05) is 6.54 Å². The number of fused-ring (bicyclic) bond motifs is 1. The van der Waals surface area contributed by atoms with Crippen LogP contribution in [0.25, 0.3) is 23.2 Å². The van der Waals surface area contributed by atoms with Gasteiger partial charge in [0.2, 0.25) is 0 Å². The highest BCUT2D eigenvalue weighted by atomic mass is 16.5. The average Bonchev–Trinajstić information content (AvgIpc) is 3.40. The lowest BCUT2D eigenvalue weighted by Crippen LogP contribution is -2.04. The summed E-state index contributed by atoms with van der Waals surface area (Å²) in [5.74, 6) is 3.25. The van der Waals surface area contributed by atoms with E-state index in [0.29, 0.717) is 12.5 Å². The van der Waals surface area contributed by atoms with Crippen molar-refractivity contribution >= 4 is 23.2 Å². The third-order valence-electron chi connectivity index (χ3n) is 5.22. The first-order valence-corrected chi connectivity index (χ1v) is 10.6. The Morgan fingerprint density at radius 2 is 1.80 bits per heavy atom. The normalized spacial score (nSPS) is 11.7. The number of rotatable bonds is 9. The summed E-state index contributed by atoms with van der Waals surface area (Å²) >= 11 is 0. The predicted molar refractivity (Wildman–Crippen MR) is 123 cm³/mol. The first kappa shape index (κ1) is 20.0. The molecule has 0 atom stereocenters. The molecule has 0 fully saturated rings. The van der Waals surface area contributed by atoms with Gasteiger partial charge < -0.3 is 13.7 Å². The van der Waals surface area contributed by atoms with Crippen molar-refractivity contribution in [3.05, 3.63) is 84.1 Å². The molecule has 0 aliphatic rings. The molecule has 4 rings (SSSR count). The zero-order valence-corrected chi connectivity index (χ0v) is 17.6. The van der Waals surface area contributed by atoms with Gasteiger partial charge in [0.25, 0.3) is 0 Å². The second-order valence-electron chi connectivity index (χ2n) is 7.74. The monoisotopic (exact) mass is 400 g/mol. The molecule has 4 nitrogen and oxygen atoms in total. The van der Waals surface area contributed by atoms with Crippen molar-refractivity contribution in [3.63, 3.8) is 0 Å². The van der Waals surface area contributed by atoms with E-state index in [2.05, 4.69) is 60.9 Å². The number of benzene rings is 2. The number of imidazole rings is 1. The number of hydrogen-bond donors (Lipinski definition) is 0. The van der Waals surface area contributed by atoms with Crippen LogP contribution in [0, 0.1) is 0 Å². The van der Waals surface area contributed by atoms with Crippen LogP contribution in [-0.2, 0) is 6.54 Å². The average molecular weight is 401 g/mol. The van der Waals surface area contributed by atoms with Crippen LogP contribution in [0.1, 0.15) is 49.8 Å². The van der Waals surface area contributed by atoms with Crippen molar-refractivity contribution in [2.75, 3.05) is 6.61 Å². The molecule has 4 aromatic rings. The van der Waals surface area contributed by atoms with Crippen LogP contribution in [0.15, 0.2) is 71.3 Å². The highest BCUT2D eigenvalue weighted by Crippen LogP contribution is 2.20. The van der Waals surface area contributed by atoms with Gasteiger partial charge >= 0.3 is 0 Å². The standard InChI is InChI=1S/C26H28N2O2/c1-20(2)21-11-13-23(14-12-21)29-18-6-5-17-28-25-10-4-3-9-24(25)27-26(28)16-15-22-8-7-19-30-22/h3-4,7-16,19-20H,5-6,17-18H2,1-2H3/b16-15+. The van der Waals surface area contributed by atoms with Crippen molar-refractivity contribution in [2.24, 2.45) is 0 Å². The second-order valence-corrected chi connectivity index (χ2v) is 7.74. The van der Waals surface area contributed by atoms with E-state index < -0.39 is 0 Å². The van der Waals surface area contributed by atoms with Crippen molar-refractivity contribution < 1.29 is 9.15 Å². The minimum Gasteiger partial charge on any atom is -0.494 e. The fourth-order valence-corrected chi connectivity index (χ4v) is 3.51. The molecule has 0 spiro atoms. The minimum absolute atomic E-state index is 0.542. The summed E-state index contributed by atoms with van der Waals surface area (Å²) in [5, 5.41) is 0. The van der Waals surface area contributed by atoms with Gasteiger partial charge in [-0.3, -0.25) is 0 Å². The van der Waals surface area contributed by atoms with Crippen molar-refractivity contribution in [3.8, 4) is 5.75 Å². The third-order valence-corrected chi connectivity index (χ3v) is 5.22. The van der Waals surface area contributed by atoms with E-state index in [9.17, 15) is 0 Å². The molecule has 4 heteroatoms. The van der Waals surface area contributed by atoms with Crippen LogP contribution < -0.4 is 4.74 Å². The zero-order chi connectivity index (χ0) is 20.8. The van der Waals surface area contributed by atoms with Gasteiger partial charge in [-0.15, -0.1) is 0 Å². The molecular formula is C26H28N2O2. The summed E-state index contributed by atoms with van der Waals surface area (Å²) in [5.41, 5.74) is 3.50. The zero-order valence-electron chi connectivity index (χ0n) is 17.6. The Morgan fingerprint density at radius 1 is 0.967 bits per heavy atom. The van der Waals surface area contributed by atoms with E-state index in [4.69, 9.17) is 14.1 Å². The van der Waals surface area contributed by atoms with Crippen molar-refractivity contribution in [1.82, 2.24) is 9.55 Å². The molecule has 0 unspecified atom stereocenters. The van der Waals surface area contributed by atoms with Crippen LogP contribution in [0.2, 0.25) is 0 Å². The fourth-order valence-electron chi connectivity index (χ4n) is 3.51. The van der Waals surface area contributed by atoms with Gasteiger partial charge in [-0.2, -0.15) is 0 Å². The lowest BCUT2D eigenvalue weighted by atomic mass is 10.0. The van der Waals surface area contributed by atoms with Crippen molar-refractivity contribution in [2.45, 2.75) is 39.2 Å². The Morgan fingerprint density at radius 3 is 2.57 bits per heavy atom. The number of unbranched alkanes of at least 4 members (excludes halogenated alkanes) is 1. The van der Waals surface area contributed by atoms with Crippen molar-refractivity contribution in [1.29, 1.82) is 0 Å². The molecule has 0 aliphatic carbocycles. The largest absolute Gasteiger partial charge is 0.494 e. The summed E-state index contributed by atoms with van der Waals surface area (Å²) in [6.45, 7) is 6.01. The summed E-state index contributed by atoms with van der Waals surface area (Å²) in [4.78, 5) is 4.78. The highest BCUT2D eigenvalue weighted by molar-refractivity contribution is 5.79. The molecule has 0 bridgehead atoms. The van der Waals surface area contributed by atoms with E-state index >= 15 is 0 Å². The third kappa shape index (κ3) is 4.82.